The number of para-hydroxylation sites is 1. The maximum absolute atomic E-state index is 13.3. The van der Waals surface area contributed by atoms with Crippen LogP contribution in [0.5, 0.6) is 11.5 Å². The highest BCUT2D eigenvalue weighted by atomic mass is 16.5. The number of amides is 1. The van der Waals surface area contributed by atoms with Gasteiger partial charge in [-0.25, -0.2) is 0 Å². The lowest BCUT2D eigenvalue weighted by molar-refractivity contribution is -0.135. The van der Waals surface area contributed by atoms with Gasteiger partial charge in [0.15, 0.2) is 11.4 Å². The smallest absolute Gasteiger partial charge is 0.264 e. The minimum Gasteiger partial charge on any atom is -0.497 e. The van der Waals surface area contributed by atoms with Gasteiger partial charge < -0.3 is 19.5 Å². The Kier molecular flexibility index (Phi) is 5.97. The largest absolute Gasteiger partial charge is 0.497 e. The molecule has 3 aromatic carbocycles. The zero-order valence-corrected chi connectivity index (χ0v) is 18.1. The summed E-state index contributed by atoms with van der Waals surface area (Å²) in [6.45, 7) is 2.49. The molecular formula is C26H25NO5. The molecule has 1 aliphatic rings. The van der Waals surface area contributed by atoms with Gasteiger partial charge in [-0.05, 0) is 55.0 Å². The molecule has 1 unspecified atom stereocenters. The lowest BCUT2D eigenvalue weighted by Gasteiger charge is -2.23. The highest BCUT2D eigenvalue weighted by Gasteiger charge is 2.50. The summed E-state index contributed by atoms with van der Waals surface area (Å²) in [7, 11) is 1.55. The van der Waals surface area contributed by atoms with Crippen LogP contribution in [-0.2, 0) is 10.4 Å². The van der Waals surface area contributed by atoms with Crippen molar-refractivity contribution < 1.29 is 24.2 Å². The molecule has 1 heterocycles. The molecule has 32 heavy (non-hydrogen) atoms. The summed E-state index contributed by atoms with van der Waals surface area (Å²) in [5.41, 5.74) is 0.594. The first-order chi connectivity index (χ1) is 15.4. The number of aryl methyl sites for hydroxylation is 1. The van der Waals surface area contributed by atoms with Crippen LogP contribution < -0.4 is 14.4 Å². The lowest BCUT2D eigenvalue weighted by Crippen LogP contribution is -2.43. The summed E-state index contributed by atoms with van der Waals surface area (Å²) in [6, 6.07) is 21.3. The molecule has 3 aromatic rings. The first-order valence-corrected chi connectivity index (χ1v) is 10.4. The van der Waals surface area contributed by atoms with Crippen molar-refractivity contribution in [2.45, 2.75) is 18.9 Å². The van der Waals surface area contributed by atoms with Crippen LogP contribution in [-0.4, -0.2) is 37.1 Å². The summed E-state index contributed by atoms with van der Waals surface area (Å²) < 4.78 is 10.9. The molecule has 164 valence electrons. The Morgan fingerprint density at radius 3 is 2.47 bits per heavy atom. The van der Waals surface area contributed by atoms with E-state index in [1.165, 1.54) is 4.90 Å². The van der Waals surface area contributed by atoms with Gasteiger partial charge in [-0.1, -0.05) is 30.3 Å². The van der Waals surface area contributed by atoms with Crippen molar-refractivity contribution in [3.63, 3.8) is 0 Å². The second-order valence-corrected chi connectivity index (χ2v) is 7.83. The number of ketones is 1. The molecule has 1 atom stereocenters. The molecule has 0 saturated carbocycles. The molecule has 0 aliphatic carbocycles. The van der Waals surface area contributed by atoms with Crippen molar-refractivity contribution >= 4 is 17.4 Å². The van der Waals surface area contributed by atoms with Crippen LogP contribution in [0.2, 0.25) is 0 Å². The van der Waals surface area contributed by atoms with E-state index in [9.17, 15) is 14.7 Å². The van der Waals surface area contributed by atoms with Crippen LogP contribution in [0.4, 0.5) is 5.69 Å². The van der Waals surface area contributed by atoms with Gasteiger partial charge in [-0.15, -0.1) is 0 Å². The molecule has 1 aliphatic heterocycles. The highest BCUT2D eigenvalue weighted by Crippen LogP contribution is 2.42. The molecule has 0 spiro atoms. The Balaban J connectivity index is 1.52. The van der Waals surface area contributed by atoms with E-state index in [2.05, 4.69) is 0 Å². The molecule has 6 nitrogen and oxygen atoms in total. The first-order valence-electron chi connectivity index (χ1n) is 10.4. The van der Waals surface area contributed by atoms with E-state index in [-0.39, 0.29) is 25.4 Å². The number of carbonyl (C=O) groups is 2. The normalized spacial score (nSPS) is 17.2. The van der Waals surface area contributed by atoms with Crippen LogP contribution in [0.25, 0.3) is 0 Å². The molecular weight excluding hydrogens is 406 g/mol. The molecule has 0 aromatic heterocycles. The number of methoxy groups -OCH3 is 1. The zero-order chi connectivity index (χ0) is 22.7. The van der Waals surface area contributed by atoms with E-state index in [1.807, 2.05) is 31.2 Å². The molecule has 6 heteroatoms. The van der Waals surface area contributed by atoms with E-state index in [0.717, 1.165) is 11.3 Å². The number of ether oxygens (including phenoxy) is 2. The number of anilines is 1. The highest BCUT2D eigenvalue weighted by molar-refractivity contribution is 6.10. The van der Waals surface area contributed by atoms with Gasteiger partial charge in [0.25, 0.3) is 5.91 Å². The molecule has 0 bridgehead atoms. The minimum atomic E-state index is -1.92. The first kappa shape index (κ1) is 21.6. The van der Waals surface area contributed by atoms with Gasteiger partial charge in [0.2, 0.25) is 0 Å². The quantitative estimate of drug-likeness (QED) is 0.548. The number of nitrogens with zero attached hydrogens (tertiary/aromatic N) is 1. The van der Waals surface area contributed by atoms with Crippen LogP contribution in [0.1, 0.15) is 27.9 Å². The summed E-state index contributed by atoms with van der Waals surface area (Å²) in [6.07, 6.45) is -0.343. The fourth-order valence-electron chi connectivity index (χ4n) is 3.97. The third kappa shape index (κ3) is 4.09. The van der Waals surface area contributed by atoms with Gasteiger partial charge in [-0.3, -0.25) is 9.59 Å². The lowest BCUT2D eigenvalue weighted by atomic mass is 9.88. The Morgan fingerprint density at radius 2 is 1.75 bits per heavy atom. The van der Waals surface area contributed by atoms with Crippen molar-refractivity contribution in [1.82, 2.24) is 0 Å². The van der Waals surface area contributed by atoms with Crippen LogP contribution in [0.15, 0.2) is 72.8 Å². The van der Waals surface area contributed by atoms with Gasteiger partial charge >= 0.3 is 0 Å². The number of aliphatic hydroxyl groups is 1. The maximum Gasteiger partial charge on any atom is 0.264 e. The average molecular weight is 431 g/mol. The Morgan fingerprint density at radius 1 is 1.00 bits per heavy atom. The average Bonchev–Trinajstić information content (AvgIpc) is 3.01. The van der Waals surface area contributed by atoms with Crippen LogP contribution in [0.3, 0.4) is 0 Å². The second kappa shape index (κ2) is 8.85. The molecule has 1 amide bonds. The Hall–Kier alpha value is -3.64. The topological polar surface area (TPSA) is 76.1 Å². The van der Waals surface area contributed by atoms with Crippen molar-refractivity contribution in [2.75, 3.05) is 25.2 Å². The predicted molar refractivity (Wildman–Crippen MR) is 121 cm³/mol. The van der Waals surface area contributed by atoms with Gasteiger partial charge in [0.05, 0.1) is 25.8 Å². The third-order valence-corrected chi connectivity index (χ3v) is 5.64. The SMILES string of the molecule is COc1ccc(C(=O)CC2(O)C(=O)N(CCOc3cccc(C)c3)c3ccccc32)cc1. The summed E-state index contributed by atoms with van der Waals surface area (Å²) >= 11 is 0. The zero-order valence-electron chi connectivity index (χ0n) is 18.1. The number of hydrogen-bond donors (Lipinski definition) is 1. The van der Waals surface area contributed by atoms with Gasteiger partial charge in [0, 0.05) is 11.1 Å². The van der Waals surface area contributed by atoms with Crippen molar-refractivity contribution in [1.29, 1.82) is 0 Å². The Labute approximate surface area is 187 Å². The second-order valence-electron chi connectivity index (χ2n) is 7.83. The summed E-state index contributed by atoms with van der Waals surface area (Å²) in [5.74, 6) is 0.502. The minimum absolute atomic E-state index is 0.253. The maximum atomic E-state index is 13.3. The number of fused-ring (bicyclic) bond motifs is 1. The fourth-order valence-corrected chi connectivity index (χ4v) is 3.97. The summed E-state index contributed by atoms with van der Waals surface area (Å²) in [5, 5.41) is 11.4. The van der Waals surface area contributed by atoms with Crippen LogP contribution >= 0.6 is 0 Å². The van der Waals surface area contributed by atoms with E-state index >= 15 is 0 Å². The van der Waals surface area contributed by atoms with E-state index in [1.54, 1.807) is 55.6 Å². The fraction of sp³-hybridized carbons (Fsp3) is 0.231. The number of rotatable bonds is 8. The van der Waals surface area contributed by atoms with Crippen molar-refractivity contribution in [3.05, 3.63) is 89.5 Å². The van der Waals surface area contributed by atoms with E-state index in [0.29, 0.717) is 22.6 Å². The van der Waals surface area contributed by atoms with Crippen LogP contribution in [0, 0.1) is 6.92 Å². The Bertz CT molecular complexity index is 1140. The monoisotopic (exact) mass is 431 g/mol. The third-order valence-electron chi connectivity index (χ3n) is 5.64. The van der Waals surface area contributed by atoms with Gasteiger partial charge in [-0.2, -0.15) is 0 Å². The number of carbonyl (C=O) groups excluding carboxylic acids is 2. The van der Waals surface area contributed by atoms with E-state index < -0.39 is 11.5 Å². The number of Topliss-reactive ketones (excluding diaryl/α,β-unsaturated/α-hetero) is 1. The standard InChI is InChI=1S/C26H25NO5/c1-18-6-5-7-21(16-18)32-15-14-27-23-9-4-3-8-22(23)26(30,25(27)29)17-24(28)19-10-12-20(31-2)13-11-19/h3-13,16,30H,14-15,17H2,1-2H3. The molecule has 4 rings (SSSR count). The van der Waals surface area contributed by atoms with E-state index in [4.69, 9.17) is 9.47 Å². The number of benzene rings is 3. The van der Waals surface area contributed by atoms with Crippen molar-refractivity contribution in [2.24, 2.45) is 0 Å². The number of hydrogen-bond acceptors (Lipinski definition) is 5. The molecule has 1 N–H and O–H groups in total. The summed E-state index contributed by atoms with van der Waals surface area (Å²) in [4.78, 5) is 27.7. The predicted octanol–water partition coefficient (Wildman–Crippen LogP) is 3.89. The van der Waals surface area contributed by atoms with Gasteiger partial charge in [0.1, 0.15) is 18.1 Å². The molecule has 0 saturated heterocycles. The van der Waals surface area contributed by atoms with Crippen molar-refractivity contribution in [3.8, 4) is 11.5 Å². The molecule has 0 radical (unpaired) electrons. The molecule has 0 fully saturated rings.